The minimum Gasteiger partial charge on any atom is -0.322 e. The van der Waals surface area contributed by atoms with Gasteiger partial charge in [-0.25, -0.2) is 4.68 Å². The molecule has 7 heteroatoms. The molecule has 0 aliphatic rings. The number of carbonyl (C=O) groups excluding carboxylic acids is 1. The number of H-pyrrole nitrogens is 1. The third-order valence-electron chi connectivity index (χ3n) is 5.49. The predicted octanol–water partition coefficient (Wildman–Crippen LogP) is 4.73. The number of hydrogen-bond acceptors (Lipinski definition) is 4. The Morgan fingerprint density at radius 3 is 2.36 bits per heavy atom. The van der Waals surface area contributed by atoms with Gasteiger partial charge in [-0.3, -0.25) is 14.7 Å². The highest BCUT2D eigenvalue weighted by atomic mass is 16.2. The Labute approximate surface area is 189 Å². The SMILES string of the molecule is CCn1nc(-c2ccccc2)c(-c2ccccc2)c(C(=O)Nc2ccc3cn[nH]c3c2)c1=O. The molecule has 2 aromatic heterocycles. The van der Waals surface area contributed by atoms with Crippen LogP contribution in [0.1, 0.15) is 17.3 Å². The van der Waals surface area contributed by atoms with Crippen LogP contribution in [0, 0.1) is 0 Å². The number of aromatic nitrogens is 4. The van der Waals surface area contributed by atoms with Crippen LogP contribution in [-0.2, 0) is 6.54 Å². The molecule has 0 spiro atoms. The van der Waals surface area contributed by atoms with Gasteiger partial charge in [0.2, 0.25) is 0 Å². The second-order valence-electron chi connectivity index (χ2n) is 7.58. The van der Waals surface area contributed by atoms with Crippen LogP contribution in [0.5, 0.6) is 0 Å². The fourth-order valence-corrected chi connectivity index (χ4v) is 3.89. The van der Waals surface area contributed by atoms with Crippen molar-refractivity contribution in [1.29, 1.82) is 0 Å². The van der Waals surface area contributed by atoms with E-state index in [1.165, 1.54) is 4.68 Å². The van der Waals surface area contributed by atoms with E-state index >= 15 is 0 Å². The number of carbonyl (C=O) groups is 1. The summed E-state index contributed by atoms with van der Waals surface area (Å²) in [6.45, 7) is 2.17. The Kier molecular flexibility index (Phi) is 5.28. The summed E-state index contributed by atoms with van der Waals surface area (Å²) in [5, 5.41) is 15.4. The summed E-state index contributed by atoms with van der Waals surface area (Å²) < 4.78 is 1.34. The van der Waals surface area contributed by atoms with Gasteiger partial charge in [0.1, 0.15) is 5.56 Å². The second-order valence-corrected chi connectivity index (χ2v) is 7.58. The average molecular weight is 435 g/mol. The quantitative estimate of drug-likeness (QED) is 0.418. The van der Waals surface area contributed by atoms with Crippen molar-refractivity contribution in [2.24, 2.45) is 0 Å². The maximum atomic E-state index is 13.6. The zero-order valence-electron chi connectivity index (χ0n) is 17.9. The summed E-state index contributed by atoms with van der Waals surface area (Å²) in [5.41, 5.74) is 3.65. The van der Waals surface area contributed by atoms with E-state index in [2.05, 4.69) is 20.6 Å². The van der Waals surface area contributed by atoms with Gasteiger partial charge < -0.3 is 5.32 Å². The van der Waals surface area contributed by atoms with Crippen molar-refractivity contribution in [2.75, 3.05) is 5.32 Å². The Morgan fingerprint density at radius 1 is 0.970 bits per heavy atom. The number of aromatic amines is 1. The monoisotopic (exact) mass is 435 g/mol. The number of fused-ring (bicyclic) bond motifs is 1. The first-order chi connectivity index (χ1) is 16.2. The Bertz CT molecular complexity index is 1500. The molecule has 2 heterocycles. The van der Waals surface area contributed by atoms with Gasteiger partial charge in [0.15, 0.2) is 0 Å². The van der Waals surface area contributed by atoms with Crippen LogP contribution in [-0.4, -0.2) is 25.9 Å². The summed E-state index contributed by atoms with van der Waals surface area (Å²) in [5.74, 6) is -0.487. The number of anilines is 1. The molecule has 33 heavy (non-hydrogen) atoms. The van der Waals surface area contributed by atoms with Crippen molar-refractivity contribution < 1.29 is 4.79 Å². The molecule has 0 radical (unpaired) electrons. The minimum absolute atomic E-state index is 0.0570. The highest BCUT2D eigenvalue weighted by Crippen LogP contribution is 2.32. The van der Waals surface area contributed by atoms with E-state index in [0.717, 1.165) is 22.0 Å². The lowest BCUT2D eigenvalue weighted by atomic mass is 9.95. The number of nitrogens with zero attached hydrogens (tertiary/aromatic N) is 3. The topological polar surface area (TPSA) is 92.7 Å². The van der Waals surface area contributed by atoms with Gasteiger partial charge in [0.25, 0.3) is 11.5 Å². The van der Waals surface area contributed by atoms with Gasteiger partial charge in [0, 0.05) is 28.7 Å². The Hall–Kier alpha value is -4.52. The van der Waals surface area contributed by atoms with Crippen LogP contribution >= 0.6 is 0 Å². The summed E-state index contributed by atoms with van der Waals surface area (Å²) in [6, 6.07) is 24.4. The molecular weight excluding hydrogens is 414 g/mol. The molecule has 0 unspecified atom stereocenters. The number of benzene rings is 3. The molecule has 0 atom stereocenters. The first-order valence-corrected chi connectivity index (χ1v) is 10.7. The van der Waals surface area contributed by atoms with E-state index in [1.54, 1.807) is 18.3 Å². The van der Waals surface area contributed by atoms with Gasteiger partial charge in [-0.2, -0.15) is 10.2 Å². The number of amides is 1. The van der Waals surface area contributed by atoms with Crippen molar-refractivity contribution in [3.8, 4) is 22.4 Å². The van der Waals surface area contributed by atoms with Crippen LogP contribution in [0.3, 0.4) is 0 Å². The van der Waals surface area contributed by atoms with E-state index in [0.29, 0.717) is 23.5 Å². The highest BCUT2D eigenvalue weighted by Gasteiger charge is 2.25. The minimum atomic E-state index is -0.487. The Morgan fingerprint density at radius 2 is 1.67 bits per heavy atom. The standard InChI is InChI=1S/C26H21N5O2/c1-2-31-26(33)23(25(32)28-20-14-13-19-16-27-29-21(19)15-20)22(17-9-5-3-6-10-17)24(30-31)18-11-7-4-8-12-18/h3-16H,2H2,1H3,(H,27,29)(H,28,32). The second kappa shape index (κ2) is 8.55. The molecule has 0 bridgehead atoms. The zero-order chi connectivity index (χ0) is 22.8. The maximum Gasteiger partial charge on any atom is 0.280 e. The average Bonchev–Trinajstić information content (AvgIpc) is 3.32. The van der Waals surface area contributed by atoms with Crippen molar-refractivity contribution in [2.45, 2.75) is 13.5 Å². The van der Waals surface area contributed by atoms with Crippen molar-refractivity contribution >= 4 is 22.5 Å². The first-order valence-electron chi connectivity index (χ1n) is 10.7. The molecule has 5 aromatic rings. The lowest BCUT2D eigenvalue weighted by Crippen LogP contribution is -2.32. The lowest BCUT2D eigenvalue weighted by molar-refractivity contribution is 0.102. The Balaban J connectivity index is 1.72. The fraction of sp³-hybridized carbons (Fsp3) is 0.0769. The number of rotatable bonds is 5. The fourth-order valence-electron chi connectivity index (χ4n) is 3.89. The third-order valence-corrected chi connectivity index (χ3v) is 5.49. The molecule has 0 saturated carbocycles. The molecule has 0 aliphatic heterocycles. The molecule has 162 valence electrons. The summed E-state index contributed by atoms with van der Waals surface area (Å²) in [4.78, 5) is 27.0. The molecule has 0 fully saturated rings. The predicted molar refractivity (Wildman–Crippen MR) is 129 cm³/mol. The van der Waals surface area contributed by atoms with Crippen LogP contribution in [0.2, 0.25) is 0 Å². The summed E-state index contributed by atoms with van der Waals surface area (Å²) in [6.07, 6.45) is 1.71. The lowest BCUT2D eigenvalue weighted by Gasteiger charge is -2.17. The molecule has 7 nitrogen and oxygen atoms in total. The van der Waals surface area contributed by atoms with Crippen molar-refractivity contribution in [1.82, 2.24) is 20.0 Å². The van der Waals surface area contributed by atoms with Crippen LogP contribution in [0.25, 0.3) is 33.3 Å². The van der Waals surface area contributed by atoms with Gasteiger partial charge in [-0.05, 0) is 30.7 Å². The highest BCUT2D eigenvalue weighted by molar-refractivity contribution is 6.10. The molecule has 5 rings (SSSR count). The third kappa shape index (κ3) is 3.80. The largest absolute Gasteiger partial charge is 0.322 e. The van der Waals surface area contributed by atoms with E-state index in [9.17, 15) is 9.59 Å². The number of nitrogens with one attached hydrogen (secondary N) is 2. The number of aryl methyl sites for hydroxylation is 1. The van der Waals surface area contributed by atoms with Crippen LogP contribution < -0.4 is 10.9 Å². The zero-order valence-corrected chi connectivity index (χ0v) is 17.9. The molecule has 0 saturated heterocycles. The van der Waals surface area contributed by atoms with Gasteiger partial charge in [-0.15, -0.1) is 0 Å². The van der Waals surface area contributed by atoms with Gasteiger partial charge in [-0.1, -0.05) is 60.7 Å². The van der Waals surface area contributed by atoms with Crippen molar-refractivity contribution in [3.05, 3.63) is 101 Å². The maximum absolute atomic E-state index is 13.6. The number of hydrogen-bond donors (Lipinski definition) is 2. The van der Waals surface area contributed by atoms with Crippen molar-refractivity contribution in [3.63, 3.8) is 0 Å². The summed E-state index contributed by atoms with van der Waals surface area (Å²) >= 11 is 0. The molecular formula is C26H21N5O2. The molecule has 2 N–H and O–H groups in total. The van der Waals surface area contributed by atoms with Gasteiger partial charge >= 0.3 is 0 Å². The van der Waals surface area contributed by atoms with E-state index in [-0.39, 0.29) is 5.56 Å². The van der Waals surface area contributed by atoms with Gasteiger partial charge in [0.05, 0.1) is 17.4 Å². The van der Waals surface area contributed by atoms with Crippen LogP contribution in [0.4, 0.5) is 5.69 Å². The van der Waals surface area contributed by atoms with E-state index < -0.39 is 11.5 Å². The molecule has 1 amide bonds. The van der Waals surface area contributed by atoms with E-state index in [1.807, 2.05) is 73.7 Å². The van der Waals surface area contributed by atoms with Crippen LogP contribution in [0.15, 0.2) is 89.9 Å². The smallest absolute Gasteiger partial charge is 0.280 e. The first kappa shape index (κ1) is 20.4. The molecule has 3 aromatic carbocycles. The normalized spacial score (nSPS) is 10.9. The summed E-state index contributed by atoms with van der Waals surface area (Å²) in [7, 11) is 0. The van der Waals surface area contributed by atoms with E-state index in [4.69, 9.17) is 0 Å². The molecule has 0 aliphatic carbocycles.